The fourth-order valence-corrected chi connectivity index (χ4v) is 2.47. The van der Waals surface area contributed by atoms with E-state index in [9.17, 15) is 5.11 Å². The molecule has 0 unspecified atom stereocenters. The monoisotopic (exact) mass is 247 g/mol. The number of rotatable bonds is 4. The van der Waals surface area contributed by atoms with Crippen LogP contribution >= 0.6 is 0 Å². The van der Waals surface area contributed by atoms with E-state index in [-0.39, 0.29) is 0 Å². The second-order valence-corrected chi connectivity index (χ2v) is 6.30. The smallest absolute Gasteiger partial charge is 0.0923 e. The van der Waals surface area contributed by atoms with Gasteiger partial charge in [0.1, 0.15) is 0 Å². The lowest BCUT2D eigenvalue weighted by Gasteiger charge is -2.49. The van der Waals surface area contributed by atoms with Crippen molar-refractivity contribution in [1.82, 2.24) is 4.90 Å². The number of β-amino-alcohol motifs (C(OH)–C–C–N with tert-alkyl or cyclic N) is 1. The minimum absolute atomic E-state index is 0.345. The van der Waals surface area contributed by atoms with Crippen LogP contribution in [0.2, 0.25) is 0 Å². The van der Waals surface area contributed by atoms with Crippen LogP contribution in [0, 0.1) is 5.92 Å². The topological polar surface area (TPSA) is 23.5 Å². The van der Waals surface area contributed by atoms with Crippen molar-refractivity contribution in [2.45, 2.75) is 45.8 Å². The zero-order chi connectivity index (χ0) is 13.3. The summed E-state index contributed by atoms with van der Waals surface area (Å²) in [6, 6.07) is 8.85. The van der Waals surface area contributed by atoms with E-state index in [4.69, 9.17) is 0 Å². The van der Waals surface area contributed by atoms with Gasteiger partial charge in [-0.05, 0) is 23.0 Å². The number of benzene rings is 1. The van der Waals surface area contributed by atoms with Crippen LogP contribution in [0.25, 0.3) is 0 Å². The number of hydrogen-bond acceptors (Lipinski definition) is 2. The van der Waals surface area contributed by atoms with E-state index in [0.29, 0.717) is 11.8 Å². The molecule has 18 heavy (non-hydrogen) atoms. The average Bonchev–Trinajstić information content (AvgIpc) is 2.27. The van der Waals surface area contributed by atoms with Crippen molar-refractivity contribution in [2.75, 3.05) is 13.1 Å². The van der Waals surface area contributed by atoms with Crippen molar-refractivity contribution in [2.24, 2.45) is 5.92 Å². The molecule has 0 bridgehead atoms. The van der Waals surface area contributed by atoms with E-state index in [1.807, 2.05) is 0 Å². The molecule has 1 aromatic rings. The molecular formula is C16H25NO. The molecule has 0 saturated carbocycles. The fourth-order valence-electron chi connectivity index (χ4n) is 2.47. The van der Waals surface area contributed by atoms with Gasteiger partial charge in [-0.3, -0.25) is 4.90 Å². The Morgan fingerprint density at radius 2 is 1.67 bits per heavy atom. The molecule has 0 aliphatic carbocycles. The van der Waals surface area contributed by atoms with E-state index in [0.717, 1.165) is 19.6 Å². The maximum atomic E-state index is 10.2. The Hall–Kier alpha value is -0.860. The van der Waals surface area contributed by atoms with Crippen molar-refractivity contribution in [3.63, 3.8) is 0 Å². The van der Waals surface area contributed by atoms with E-state index in [2.05, 4.69) is 56.9 Å². The molecular weight excluding hydrogens is 222 g/mol. The first-order valence-corrected chi connectivity index (χ1v) is 6.94. The van der Waals surface area contributed by atoms with Gasteiger partial charge in [-0.2, -0.15) is 0 Å². The van der Waals surface area contributed by atoms with Crippen LogP contribution in [-0.2, 0) is 6.54 Å². The molecule has 2 nitrogen and oxygen atoms in total. The summed E-state index contributed by atoms with van der Waals surface area (Å²) >= 11 is 0. The highest BCUT2D eigenvalue weighted by atomic mass is 16.3. The van der Waals surface area contributed by atoms with E-state index < -0.39 is 5.60 Å². The summed E-state index contributed by atoms with van der Waals surface area (Å²) in [5.74, 6) is 0.936. The van der Waals surface area contributed by atoms with Gasteiger partial charge in [-0.15, -0.1) is 0 Å². The molecule has 1 N–H and O–H groups in total. The van der Waals surface area contributed by atoms with Crippen molar-refractivity contribution < 1.29 is 5.11 Å². The van der Waals surface area contributed by atoms with Crippen LogP contribution in [0.1, 0.15) is 44.7 Å². The van der Waals surface area contributed by atoms with Crippen molar-refractivity contribution in [1.29, 1.82) is 0 Å². The molecule has 0 amide bonds. The molecule has 1 aliphatic heterocycles. The van der Waals surface area contributed by atoms with Crippen LogP contribution < -0.4 is 0 Å². The molecule has 2 heteroatoms. The Labute approximate surface area is 111 Å². The minimum Gasteiger partial charge on any atom is -0.387 e. The second-order valence-electron chi connectivity index (χ2n) is 6.30. The van der Waals surface area contributed by atoms with Gasteiger partial charge in [0.15, 0.2) is 0 Å². The Morgan fingerprint density at radius 1 is 1.11 bits per heavy atom. The summed E-state index contributed by atoms with van der Waals surface area (Å²) in [6.07, 6.45) is 0. The third kappa shape index (κ3) is 2.76. The molecule has 2 rings (SSSR count). The Bertz CT molecular complexity index is 388. The number of likely N-dealkylation sites (tertiary alicyclic amines) is 1. The fraction of sp³-hybridized carbons (Fsp3) is 0.625. The second kappa shape index (κ2) is 5.02. The van der Waals surface area contributed by atoms with Gasteiger partial charge in [0, 0.05) is 19.6 Å². The molecule has 0 aromatic heterocycles. The lowest BCUT2D eigenvalue weighted by atomic mass is 9.83. The SMILES string of the molecule is CC(C)c1ccc(CN2CC(O)(C(C)C)C2)cc1. The highest BCUT2D eigenvalue weighted by Gasteiger charge is 2.43. The van der Waals surface area contributed by atoms with Gasteiger partial charge in [-0.1, -0.05) is 52.0 Å². The highest BCUT2D eigenvalue weighted by molar-refractivity contribution is 5.25. The van der Waals surface area contributed by atoms with E-state index >= 15 is 0 Å². The normalized spacial score (nSPS) is 19.3. The van der Waals surface area contributed by atoms with E-state index in [1.165, 1.54) is 11.1 Å². The Balaban J connectivity index is 1.89. The Morgan fingerprint density at radius 3 is 2.11 bits per heavy atom. The molecule has 1 aliphatic rings. The maximum Gasteiger partial charge on any atom is 0.0923 e. The zero-order valence-corrected chi connectivity index (χ0v) is 12.0. The highest BCUT2D eigenvalue weighted by Crippen LogP contribution is 2.29. The van der Waals surface area contributed by atoms with Crippen LogP contribution in [0.5, 0.6) is 0 Å². The molecule has 1 heterocycles. The van der Waals surface area contributed by atoms with Crippen LogP contribution in [-0.4, -0.2) is 28.7 Å². The molecule has 0 spiro atoms. The summed E-state index contributed by atoms with van der Waals surface area (Å²) in [5.41, 5.74) is 2.27. The molecule has 1 saturated heterocycles. The third-order valence-electron chi connectivity index (χ3n) is 4.12. The molecule has 1 aromatic carbocycles. The van der Waals surface area contributed by atoms with Crippen molar-refractivity contribution in [3.05, 3.63) is 35.4 Å². The summed E-state index contributed by atoms with van der Waals surface area (Å²) in [6.45, 7) is 11.2. The first kappa shape index (κ1) is 13.6. The predicted octanol–water partition coefficient (Wildman–Crippen LogP) is 3.01. The molecule has 100 valence electrons. The summed E-state index contributed by atoms with van der Waals surface area (Å²) in [7, 11) is 0. The lowest BCUT2D eigenvalue weighted by Crippen LogP contribution is -2.63. The van der Waals surface area contributed by atoms with Gasteiger partial charge in [-0.25, -0.2) is 0 Å². The average molecular weight is 247 g/mol. The van der Waals surface area contributed by atoms with Gasteiger partial charge < -0.3 is 5.11 Å². The van der Waals surface area contributed by atoms with Crippen LogP contribution in [0.4, 0.5) is 0 Å². The maximum absolute atomic E-state index is 10.2. The first-order valence-electron chi connectivity index (χ1n) is 6.94. The van der Waals surface area contributed by atoms with Crippen LogP contribution in [0.3, 0.4) is 0 Å². The molecule has 0 atom stereocenters. The number of aliphatic hydroxyl groups is 1. The van der Waals surface area contributed by atoms with Gasteiger partial charge in [0.05, 0.1) is 5.60 Å². The largest absolute Gasteiger partial charge is 0.387 e. The van der Waals surface area contributed by atoms with Gasteiger partial charge in [0.2, 0.25) is 0 Å². The standard InChI is InChI=1S/C16H25NO/c1-12(2)15-7-5-14(6-8-15)9-17-10-16(18,11-17)13(3)4/h5-8,12-13,18H,9-11H2,1-4H3. The molecule has 1 fully saturated rings. The summed E-state index contributed by atoms with van der Waals surface area (Å²) < 4.78 is 0. The van der Waals surface area contributed by atoms with Gasteiger partial charge in [0.25, 0.3) is 0 Å². The summed E-state index contributed by atoms with van der Waals surface area (Å²) in [4.78, 5) is 2.31. The quantitative estimate of drug-likeness (QED) is 0.884. The minimum atomic E-state index is -0.460. The van der Waals surface area contributed by atoms with Gasteiger partial charge >= 0.3 is 0 Å². The lowest BCUT2D eigenvalue weighted by molar-refractivity contribution is -0.130. The first-order chi connectivity index (χ1) is 8.40. The van der Waals surface area contributed by atoms with E-state index in [1.54, 1.807) is 0 Å². The predicted molar refractivity (Wildman–Crippen MR) is 75.6 cm³/mol. The number of hydrogen-bond donors (Lipinski definition) is 1. The molecule has 0 radical (unpaired) electrons. The summed E-state index contributed by atoms with van der Waals surface area (Å²) in [5, 5.41) is 10.2. The third-order valence-corrected chi connectivity index (χ3v) is 4.12. The Kier molecular flexibility index (Phi) is 3.79. The van der Waals surface area contributed by atoms with Crippen molar-refractivity contribution >= 4 is 0 Å². The zero-order valence-electron chi connectivity index (χ0n) is 12.0. The van der Waals surface area contributed by atoms with Crippen molar-refractivity contribution in [3.8, 4) is 0 Å². The van der Waals surface area contributed by atoms with Crippen LogP contribution in [0.15, 0.2) is 24.3 Å². The number of nitrogens with zero attached hydrogens (tertiary/aromatic N) is 1.